The number of carboxylic acid groups (broad SMARTS) is 2. The van der Waals surface area contributed by atoms with Gasteiger partial charge in [0.25, 0.3) is 0 Å². The predicted molar refractivity (Wildman–Crippen MR) is 59.1 cm³/mol. The fourth-order valence-corrected chi connectivity index (χ4v) is 2.60. The van der Waals surface area contributed by atoms with E-state index in [1.54, 1.807) is 0 Å². The highest BCUT2D eigenvalue weighted by molar-refractivity contribution is 5.80. The van der Waals surface area contributed by atoms with E-state index in [0.29, 0.717) is 6.61 Å². The number of hydrogen-bond acceptors (Lipinski definition) is 5. The van der Waals surface area contributed by atoms with E-state index in [-0.39, 0.29) is 25.0 Å². The summed E-state index contributed by atoms with van der Waals surface area (Å²) < 4.78 is 11.0. The van der Waals surface area contributed by atoms with Crippen molar-refractivity contribution < 1.29 is 29.3 Å². The van der Waals surface area contributed by atoms with Crippen LogP contribution in [-0.2, 0) is 19.1 Å². The average molecular weight is 259 g/mol. The zero-order chi connectivity index (χ0) is 13.3. The molecule has 2 fully saturated rings. The van der Waals surface area contributed by atoms with Crippen LogP contribution in [0.4, 0.5) is 0 Å². The molecule has 0 aromatic rings. The lowest BCUT2D eigenvalue weighted by Crippen LogP contribution is -2.46. The van der Waals surface area contributed by atoms with Crippen molar-refractivity contribution in [2.45, 2.75) is 49.5 Å². The number of aliphatic carboxylic acids is 2. The summed E-state index contributed by atoms with van der Waals surface area (Å²) in [5.74, 6) is -2.40. The number of nitrogens with two attached hydrogens (primary N) is 1. The fraction of sp³-hybridized carbons (Fsp3) is 0.818. The molecule has 2 aliphatic rings. The van der Waals surface area contributed by atoms with Gasteiger partial charge in [0.05, 0.1) is 12.2 Å². The van der Waals surface area contributed by atoms with Gasteiger partial charge in [0.1, 0.15) is 6.04 Å². The first-order chi connectivity index (χ1) is 8.44. The zero-order valence-corrected chi connectivity index (χ0v) is 9.87. The largest absolute Gasteiger partial charge is 0.480 e. The van der Waals surface area contributed by atoms with Crippen LogP contribution in [-0.4, -0.2) is 52.6 Å². The fourth-order valence-electron chi connectivity index (χ4n) is 2.60. The minimum absolute atomic E-state index is 0.161. The van der Waals surface area contributed by atoms with Crippen molar-refractivity contribution in [2.24, 2.45) is 5.73 Å². The Morgan fingerprint density at radius 3 is 2.67 bits per heavy atom. The molecule has 0 radical (unpaired) electrons. The Morgan fingerprint density at radius 1 is 1.39 bits per heavy atom. The number of fused-ring (bicyclic) bond motifs is 1. The van der Waals surface area contributed by atoms with E-state index in [9.17, 15) is 14.7 Å². The highest BCUT2D eigenvalue weighted by atomic mass is 16.6. The van der Waals surface area contributed by atoms with E-state index in [4.69, 9.17) is 20.3 Å². The van der Waals surface area contributed by atoms with Gasteiger partial charge in [-0.3, -0.25) is 4.79 Å². The molecule has 18 heavy (non-hydrogen) atoms. The van der Waals surface area contributed by atoms with Crippen molar-refractivity contribution in [2.75, 3.05) is 6.61 Å². The summed E-state index contributed by atoms with van der Waals surface area (Å²) in [5, 5.41) is 18.1. The van der Waals surface area contributed by atoms with E-state index in [1.165, 1.54) is 0 Å². The van der Waals surface area contributed by atoms with Crippen LogP contribution < -0.4 is 5.73 Å². The molecule has 4 N–H and O–H groups in total. The minimum atomic E-state index is -1.53. The normalized spacial score (nSPS) is 36.9. The molecule has 0 aromatic carbocycles. The van der Waals surface area contributed by atoms with E-state index in [2.05, 4.69) is 0 Å². The van der Waals surface area contributed by atoms with Crippen LogP contribution in [0.5, 0.6) is 0 Å². The predicted octanol–water partition coefficient (Wildman–Crippen LogP) is -0.420. The van der Waals surface area contributed by atoms with Gasteiger partial charge in [-0.05, 0) is 12.8 Å². The molecule has 4 unspecified atom stereocenters. The van der Waals surface area contributed by atoms with Gasteiger partial charge in [0, 0.05) is 19.4 Å². The lowest BCUT2D eigenvalue weighted by Gasteiger charge is -2.26. The summed E-state index contributed by atoms with van der Waals surface area (Å²) in [4.78, 5) is 22.2. The minimum Gasteiger partial charge on any atom is -0.480 e. The number of rotatable bonds is 4. The van der Waals surface area contributed by atoms with Gasteiger partial charge < -0.3 is 25.4 Å². The second kappa shape index (κ2) is 4.83. The molecular formula is C11H17NO6. The number of hydrogen-bond donors (Lipinski definition) is 3. The van der Waals surface area contributed by atoms with Gasteiger partial charge >= 0.3 is 11.9 Å². The highest BCUT2D eigenvalue weighted by Crippen LogP contribution is 2.39. The summed E-state index contributed by atoms with van der Waals surface area (Å²) in [6, 6.07) is -1.25. The lowest BCUT2D eigenvalue weighted by atomic mass is 9.90. The standard InChI is InChI=1S/C11H17NO6/c12-6(9(13)14)4-11(10(15)16)5-8-7(18-11)2-1-3-17-8/h6-8H,1-5,12H2,(H,13,14)(H,15,16). The van der Waals surface area contributed by atoms with Crippen molar-refractivity contribution in [3.63, 3.8) is 0 Å². The van der Waals surface area contributed by atoms with Crippen molar-refractivity contribution in [1.29, 1.82) is 0 Å². The average Bonchev–Trinajstić information content (AvgIpc) is 2.68. The molecule has 7 nitrogen and oxygen atoms in total. The van der Waals surface area contributed by atoms with Crippen molar-refractivity contribution in [3.05, 3.63) is 0 Å². The summed E-state index contributed by atoms with van der Waals surface area (Å²) >= 11 is 0. The summed E-state index contributed by atoms with van der Waals surface area (Å²) in [5.41, 5.74) is 3.89. The van der Waals surface area contributed by atoms with E-state index < -0.39 is 23.6 Å². The first-order valence-electron chi connectivity index (χ1n) is 5.96. The number of ether oxygens (including phenoxy) is 2. The van der Waals surface area contributed by atoms with Crippen molar-refractivity contribution in [1.82, 2.24) is 0 Å². The highest BCUT2D eigenvalue weighted by Gasteiger charge is 2.54. The molecule has 0 aromatic heterocycles. The van der Waals surface area contributed by atoms with Crippen LogP contribution >= 0.6 is 0 Å². The molecule has 7 heteroatoms. The van der Waals surface area contributed by atoms with E-state index >= 15 is 0 Å². The maximum atomic E-state index is 11.4. The lowest BCUT2D eigenvalue weighted by molar-refractivity contribution is -0.168. The van der Waals surface area contributed by atoms with Crippen LogP contribution in [0.1, 0.15) is 25.7 Å². The smallest absolute Gasteiger partial charge is 0.336 e. The van der Waals surface area contributed by atoms with Gasteiger partial charge in [-0.25, -0.2) is 4.79 Å². The molecule has 2 saturated heterocycles. The van der Waals surface area contributed by atoms with Crippen molar-refractivity contribution in [3.8, 4) is 0 Å². The second-order valence-corrected chi connectivity index (χ2v) is 4.86. The molecule has 0 saturated carbocycles. The summed E-state index contributed by atoms with van der Waals surface area (Å²) in [7, 11) is 0. The topological polar surface area (TPSA) is 119 Å². The Labute approximate surface area is 104 Å². The molecule has 0 bridgehead atoms. The maximum absolute atomic E-state index is 11.4. The maximum Gasteiger partial charge on any atom is 0.336 e. The molecule has 0 amide bonds. The van der Waals surface area contributed by atoms with Gasteiger partial charge in [0.15, 0.2) is 5.60 Å². The summed E-state index contributed by atoms with van der Waals surface area (Å²) in [6.07, 6.45) is 0.943. The third kappa shape index (κ3) is 2.33. The Hall–Kier alpha value is -1.18. The van der Waals surface area contributed by atoms with Gasteiger partial charge in [-0.15, -0.1) is 0 Å². The molecule has 2 heterocycles. The quantitative estimate of drug-likeness (QED) is 0.627. The van der Waals surface area contributed by atoms with Gasteiger partial charge in [-0.2, -0.15) is 0 Å². The monoisotopic (exact) mass is 259 g/mol. The Bertz CT molecular complexity index is 343. The van der Waals surface area contributed by atoms with Gasteiger partial charge in [-0.1, -0.05) is 0 Å². The van der Waals surface area contributed by atoms with Crippen LogP contribution in [0.3, 0.4) is 0 Å². The SMILES string of the molecule is NC(CC1(C(=O)O)CC2OCCCC2O1)C(=O)O. The third-order valence-corrected chi connectivity index (χ3v) is 3.54. The Kier molecular flexibility index (Phi) is 3.56. The van der Waals surface area contributed by atoms with Crippen LogP contribution in [0.15, 0.2) is 0 Å². The van der Waals surface area contributed by atoms with Crippen LogP contribution in [0.2, 0.25) is 0 Å². The molecule has 2 rings (SSSR count). The summed E-state index contributed by atoms with van der Waals surface area (Å²) in [6.45, 7) is 0.589. The number of carboxylic acids is 2. The van der Waals surface area contributed by atoms with Crippen LogP contribution in [0, 0.1) is 0 Å². The Morgan fingerprint density at radius 2 is 2.11 bits per heavy atom. The van der Waals surface area contributed by atoms with Crippen LogP contribution in [0.25, 0.3) is 0 Å². The number of carbonyl (C=O) groups is 2. The molecular weight excluding hydrogens is 242 g/mol. The molecule has 2 aliphatic heterocycles. The van der Waals surface area contributed by atoms with Gasteiger partial charge in [0.2, 0.25) is 0 Å². The Balaban J connectivity index is 2.13. The molecule has 0 spiro atoms. The zero-order valence-electron chi connectivity index (χ0n) is 9.87. The second-order valence-electron chi connectivity index (χ2n) is 4.86. The third-order valence-electron chi connectivity index (χ3n) is 3.54. The molecule has 4 atom stereocenters. The molecule has 102 valence electrons. The van der Waals surface area contributed by atoms with Crippen molar-refractivity contribution >= 4 is 11.9 Å². The van der Waals surface area contributed by atoms with E-state index in [1.807, 2.05) is 0 Å². The van der Waals surface area contributed by atoms with E-state index in [0.717, 1.165) is 12.8 Å². The first kappa shape index (κ1) is 13.3. The molecule has 0 aliphatic carbocycles. The first-order valence-corrected chi connectivity index (χ1v) is 5.96.